The first-order chi connectivity index (χ1) is 10.1. The molecule has 0 atom stereocenters. The second-order valence-electron chi connectivity index (χ2n) is 4.81. The molecule has 1 aromatic heterocycles. The molecule has 0 amide bonds. The summed E-state index contributed by atoms with van der Waals surface area (Å²) in [7, 11) is 0. The maximum atomic E-state index is 13.6. The summed E-state index contributed by atoms with van der Waals surface area (Å²) in [5, 5.41) is 0.893. The number of fused-ring (bicyclic) bond motifs is 1. The average Bonchev–Trinajstić information content (AvgIpc) is 2.45. The van der Waals surface area contributed by atoms with Crippen LogP contribution in [0.4, 0.5) is 4.39 Å². The number of halogens is 1. The maximum absolute atomic E-state index is 13.6. The van der Waals surface area contributed by atoms with Crippen LogP contribution in [0.3, 0.4) is 0 Å². The topological polar surface area (TPSA) is 30.2 Å². The van der Waals surface area contributed by atoms with E-state index in [1.54, 1.807) is 18.2 Å². The molecule has 0 unspecified atom stereocenters. The first-order valence-corrected chi connectivity index (χ1v) is 7.53. The van der Waals surface area contributed by atoms with E-state index in [4.69, 9.17) is 4.42 Å². The highest BCUT2D eigenvalue weighted by Crippen LogP contribution is 2.28. The molecule has 21 heavy (non-hydrogen) atoms. The molecule has 3 aromatic rings. The number of thioether (sulfide) groups is 1. The second kappa shape index (κ2) is 5.74. The van der Waals surface area contributed by atoms with Crippen molar-refractivity contribution in [2.24, 2.45) is 0 Å². The van der Waals surface area contributed by atoms with Crippen LogP contribution in [0.2, 0.25) is 0 Å². The van der Waals surface area contributed by atoms with Crippen molar-refractivity contribution in [3.63, 3.8) is 0 Å². The summed E-state index contributed by atoms with van der Waals surface area (Å²) < 4.78 is 18.9. The van der Waals surface area contributed by atoms with Crippen LogP contribution < -0.4 is 5.63 Å². The van der Waals surface area contributed by atoms with Gasteiger partial charge in [0.25, 0.3) is 0 Å². The molecule has 0 saturated carbocycles. The zero-order valence-electron chi connectivity index (χ0n) is 11.4. The molecule has 0 saturated heterocycles. The number of hydrogen-bond donors (Lipinski definition) is 0. The van der Waals surface area contributed by atoms with Gasteiger partial charge in [0.05, 0.1) is 0 Å². The summed E-state index contributed by atoms with van der Waals surface area (Å²) >= 11 is 1.37. The molecule has 0 spiro atoms. The van der Waals surface area contributed by atoms with Gasteiger partial charge in [0, 0.05) is 22.1 Å². The third-order valence-electron chi connectivity index (χ3n) is 3.21. The Morgan fingerprint density at radius 3 is 2.76 bits per heavy atom. The van der Waals surface area contributed by atoms with Gasteiger partial charge in [0.1, 0.15) is 11.4 Å². The second-order valence-corrected chi connectivity index (χ2v) is 5.83. The predicted molar refractivity (Wildman–Crippen MR) is 83.2 cm³/mol. The van der Waals surface area contributed by atoms with E-state index in [2.05, 4.69) is 0 Å². The van der Waals surface area contributed by atoms with Gasteiger partial charge < -0.3 is 4.42 Å². The monoisotopic (exact) mass is 300 g/mol. The van der Waals surface area contributed by atoms with Crippen LogP contribution in [-0.2, 0) is 5.75 Å². The van der Waals surface area contributed by atoms with E-state index in [1.165, 1.54) is 23.9 Å². The van der Waals surface area contributed by atoms with Crippen LogP contribution in [-0.4, -0.2) is 0 Å². The molecule has 4 heteroatoms. The SMILES string of the molecule is Cc1ccc2c(CSc3ccccc3F)cc(=O)oc2c1. The fraction of sp³-hybridized carbons (Fsp3) is 0.118. The largest absolute Gasteiger partial charge is 0.423 e. The molecule has 0 aliphatic carbocycles. The quantitative estimate of drug-likeness (QED) is 0.526. The number of aryl methyl sites for hydroxylation is 1. The van der Waals surface area contributed by atoms with Crippen molar-refractivity contribution in [1.29, 1.82) is 0 Å². The Labute approximate surface area is 125 Å². The lowest BCUT2D eigenvalue weighted by atomic mass is 10.1. The lowest BCUT2D eigenvalue weighted by Gasteiger charge is -2.06. The van der Waals surface area contributed by atoms with Crippen LogP contribution in [0, 0.1) is 12.7 Å². The molecular formula is C17H13FO2S. The van der Waals surface area contributed by atoms with E-state index < -0.39 is 0 Å². The van der Waals surface area contributed by atoms with Gasteiger partial charge in [-0.2, -0.15) is 0 Å². The van der Waals surface area contributed by atoms with Crippen molar-refractivity contribution in [3.8, 4) is 0 Å². The molecule has 106 valence electrons. The smallest absolute Gasteiger partial charge is 0.336 e. The summed E-state index contributed by atoms with van der Waals surface area (Å²) in [6.45, 7) is 1.94. The zero-order valence-corrected chi connectivity index (χ0v) is 12.2. The number of rotatable bonds is 3. The summed E-state index contributed by atoms with van der Waals surface area (Å²) in [5.41, 5.74) is 2.09. The lowest BCUT2D eigenvalue weighted by Crippen LogP contribution is -2.00. The first-order valence-electron chi connectivity index (χ1n) is 6.54. The minimum Gasteiger partial charge on any atom is -0.423 e. The summed E-state index contributed by atoms with van der Waals surface area (Å²) in [6, 6.07) is 13.9. The molecule has 3 rings (SSSR count). The molecule has 0 bridgehead atoms. The third kappa shape index (κ3) is 3.00. The van der Waals surface area contributed by atoms with Crippen molar-refractivity contribution in [2.75, 3.05) is 0 Å². The summed E-state index contributed by atoms with van der Waals surface area (Å²) in [6.07, 6.45) is 0. The molecule has 0 aliphatic heterocycles. The van der Waals surface area contributed by atoms with Crippen LogP contribution in [0.25, 0.3) is 11.0 Å². The van der Waals surface area contributed by atoms with Crippen molar-refractivity contribution in [2.45, 2.75) is 17.6 Å². The van der Waals surface area contributed by atoms with E-state index in [0.29, 0.717) is 16.2 Å². The molecule has 0 N–H and O–H groups in total. The molecule has 1 heterocycles. The van der Waals surface area contributed by atoms with Gasteiger partial charge >= 0.3 is 5.63 Å². The Hall–Kier alpha value is -2.07. The Morgan fingerprint density at radius 2 is 1.95 bits per heavy atom. The fourth-order valence-electron chi connectivity index (χ4n) is 2.17. The van der Waals surface area contributed by atoms with Crippen LogP contribution in [0.1, 0.15) is 11.1 Å². The number of hydrogen-bond acceptors (Lipinski definition) is 3. The molecular weight excluding hydrogens is 287 g/mol. The Kier molecular flexibility index (Phi) is 3.80. The molecule has 0 aliphatic rings. The van der Waals surface area contributed by atoms with Gasteiger partial charge in [-0.05, 0) is 36.2 Å². The molecule has 2 aromatic carbocycles. The minimum atomic E-state index is -0.378. The van der Waals surface area contributed by atoms with Gasteiger partial charge in [0.15, 0.2) is 0 Å². The standard InChI is InChI=1S/C17H13FO2S/c1-11-6-7-13-12(9-17(19)20-15(13)8-11)10-21-16-5-3-2-4-14(16)18/h2-9H,10H2,1H3. The minimum absolute atomic E-state index is 0.245. The highest BCUT2D eigenvalue weighted by molar-refractivity contribution is 7.98. The van der Waals surface area contributed by atoms with E-state index in [1.807, 2.05) is 25.1 Å². The molecule has 0 fully saturated rings. The number of benzene rings is 2. The summed E-state index contributed by atoms with van der Waals surface area (Å²) in [4.78, 5) is 12.2. The van der Waals surface area contributed by atoms with Crippen molar-refractivity contribution < 1.29 is 8.81 Å². The van der Waals surface area contributed by atoms with Gasteiger partial charge in [-0.3, -0.25) is 0 Å². The predicted octanol–water partition coefficient (Wildman–Crippen LogP) is 4.53. The van der Waals surface area contributed by atoms with E-state index in [-0.39, 0.29) is 11.4 Å². The van der Waals surface area contributed by atoms with Crippen molar-refractivity contribution >= 4 is 22.7 Å². The fourth-order valence-corrected chi connectivity index (χ4v) is 3.10. The average molecular weight is 300 g/mol. The van der Waals surface area contributed by atoms with E-state index >= 15 is 0 Å². The van der Waals surface area contributed by atoms with Crippen LogP contribution in [0.15, 0.2) is 62.6 Å². The Balaban J connectivity index is 1.97. The zero-order chi connectivity index (χ0) is 14.8. The van der Waals surface area contributed by atoms with Crippen LogP contribution >= 0.6 is 11.8 Å². The third-order valence-corrected chi connectivity index (χ3v) is 4.30. The lowest BCUT2D eigenvalue weighted by molar-refractivity contribution is 0.559. The van der Waals surface area contributed by atoms with Crippen molar-refractivity contribution in [3.05, 3.63) is 75.9 Å². The Bertz CT molecular complexity index is 855. The highest BCUT2D eigenvalue weighted by Gasteiger charge is 2.08. The normalized spacial score (nSPS) is 11.0. The van der Waals surface area contributed by atoms with Gasteiger partial charge in [-0.15, -0.1) is 11.8 Å². The summed E-state index contributed by atoms with van der Waals surface area (Å²) in [5.74, 6) is 0.275. The molecule has 2 nitrogen and oxygen atoms in total. The van der Waals surface area contributed by atoms with Crippen LogP contribution in [0.5, 0.6) is 0 Å². The van der Waals surface area contributed by atoms with E-state index in [0.717, 1.165) is 16.5 Å². The highest BCUT2D eigenvalue weighted by atomic mass is 32.2. The van der Waals surface area contributed by atoms with Gasteiger partial charge in [-0.25, -0.2) is 9.18 Å². The van der Waals surface area contributed by atoms with E-state index in [9.17, 15) is 9.18 Å². The van der Waals surface area contributed by atoms with Crippen molar-refractivity contribution in [1.82, 2.24) is 0 Å². The maximum Gasteiger partial charge on any atom is 0.336 e. The molecule has 0 radical (unpaired) electrons. The first kappa shape index (κ1) is 13.9. The van der Waals surface area contributed by atoms with Gasteiger partial charge in [-0.1, -0.05) is 24.3 Å². The Morgan fingerprint density at radius 1 is 1.14 bits per heavy atom. The van der Waals surface area contributed by atoms with Gasteiger partial charge in [0.2, 0.25) is 0 Å².